The molecule has 98 valence electrons. The van der Waals surface area contributed by atoms with E-state index in [2.05, 4.69) is 43.4 Å². The highest BCUT2D eigenvalue weighted by molar-refractivity contribution is 5.35. The summed E-state index contributed by atoms with van der Waals surface area (Å²) in [6, 6.07) is 8.77. The maximum atomic E-state index is 5.76. The lowest BCUT2D eigenvalue weighted by Crippen LogP contribution is -2.18. The smallest absolute Gasteiger partial charge is 0.120 e. The Morgan fingerprint density at radius 3 is 2.72 bits per heavy atom. The van der Waals surface area contributed by atoms with Gasteiger partial charge in [-0.1, -0.05) is 23.8 Å². The van der Waals surface area contributed by atoms with Gasteiger partial charge < -0.3 is 10.1 Å². The number of likely N-dealkylation sites (N-methyl/N-ethyl adjacent to an activating group) is 1. The molecule has 0 saturated carbocycles. The Balaban J connectivity index is 2.20. The van der Waals surface area contributed by atoms with E-state index < -0.39 is 0 Å². The third-order valence-corrected chi connectivity index (χ3v) is 3.30. The number of allylic oxidation sites excluding steroid dienone is 1. The molecule has 1 atom stereocenters. The van der Waals surface area contributed by atoms with Crippen LogP contribution in [0.1, 0.15) is 44.7 Å². The Morgan fingerprint density at radius 1 is 1.28 bits per heavy atom. The second-order valence-corrected chi connectivity index (χ2v) is 5.13. The molecule has 1 unspecified atom stereocenters. The Hall–Kier alpha value is -1.28. The molecule has 0 saturated heterocycles. The molecule has 1 aliphatic carbocycles. The van der Waals surface area contributed by atoms with E-state index in [9.17, 15) is 0 Å². The molecule has 0 aromatic heterocycles. The van der Waals surface area contributed by atoms with Crippen LogP contribution in [0.4, 0.5) is 0 Å². The molecule has 0 spiro atoms. The number of hydrogen-bond acceptors (Lipinski definition) is 2. The summed E-state index contributed by atoms with van der Waals surface area (Å²) in [6.45, 7) is 4.11. The van der Waals surface area contributed by atoms with E-state index in [4.69, 9.17) is 4.74 Å². The van der Waals surface area contributed by atoms with Gasteiger partial charge in [-0.2, -0.15) is 0 Å². The highest BCUT2D eigenvalue weighted by Gasteiger charge is 2.17. The van der Waals surface area contributed by atoms with Crippen molar-refractivity contribution < 1.29 is 4.74 Å². The number of rotatable bonds is 5. The van der Waals surface area contributed by atoms with E-state index in [-0.39, 0.29) is 6.10 Å². The second kappa shape index (κ2) is 6.05. The van der Waals surface area contributed by atoms with E-state index >= 15 is 0 Å². The quantitative estimate of drug-likeness (QED) is 0.796. The molecule has 2 heteroatoms. The standard InChI is InChI=1S/C16H23NO/c1-12(2)18-15-10-6-9-14(11-15)16(17-3)13-7-4-5-8-13/h6-7,9-12,16-17H,4-5,8H2,1-3H3. The summed E-state index contributed by atoms with van der Waals surface area (Å²) < 4.78 is 5.76. The zero-order valence-corrected chi connectivity index (χ0v) is 11.6. The second-order valence-electron chi connectivity index (χ2n) is 5.13. The van der Waals surface area contributed by atoms with Gasteiger partial charge in [0.25, 0.3) is 0 Å². The van der Waals surface area contributed by atoms with Crippen molar-refractivity contribution >= 4 is 0 Å². The first-order chi connectivity index (χ1) is 8.70. The van der Waals surface area contributed by atoms with Gasteiger partial charge in [0.15, 0.2) is 0 Å². The maximum Gasteiger partial charge on any atom is 0.120 e. The number of ether oxygens (including phenoxy) is 1. The molecule has 1 aromatic carbocycles. The van der Waals surface area contributed by atoms with Crippen LogP contribution >= 0.6 is 0 Å². The van der Waals surface area contributed by atoms with Gasteiger partial charge in [0.05, 0.1) is 12.1 Å². The van der Waals surface area contributed by atoms with Crippen LogP contribution < -0.4 is 10.1 Å². The molecule has 1 aromatic rings. The molecule has 2 nitrogen and oxygen atoms in total. The first-order valence-electron chi connectivity index (χ1n) is 6.83. The Kier molecular flexibility index (Phi) is 4.43. The average Bonchev–Trinajstić information content (AvgIpc) is 2.83. The van der Waals surface area contributed by atoms with Crippen molar-refractivity contribution in [2.24, 2.45) is 0 Å². The molecule has 0 heterocycles. The lowest BCUT2D eigenvalue weighted by molar-refractivity contribution is 0.242. The minimum absolute atomic E-state index is 0.221. The fourth-order valence-corrected chi connectivity index (χ4v) is 2.56. The molecule has 0 bridgehead atoms. The van der Waals surface area contributed by atoms with Crippen molar-refractivity contribution in [3.8, 4) is 5.75 Å². The van der Waals surface area contributed by atoms with Gasteiger partial charge in [-0.3, -0.25) is 0 Å². The normalized spacial score (nSPS) is 16.8. The topological polar surface area (TPSA) is 21.3 Å². The van der Waals surface area contributed by atoms with E-state index in [1.54, 1.807) is 0 Å². The molecule has 1 N–H and O–H groups in total. The lowest BCUT2D eigenvalue weighted by atomic mass is 9.98. The lowest BCUT2D eigenvalue weighted by Gasteiger charge is -2.19. The molecule has 0 radical (unpaired) electrons. The Morgan fingerprint density at radius 2 is 2.11 bits per heavy atom. The van der Waals surface area contributed by atoms with Crippen molar-refractivity contribution in [1.29, 1.82) is 0 Å². The van der Waals surface area contributed by atoms with Crippen molar-refractivity contribution in [3.63, 3.8) is 0 Å². The van der Waals surface area contributed by atoms with Crippen LogP contribution in [-0.2, 0) is 0 Å². The fourth-order valence-electron chi connectivity index (χ4n) is 2.56. The number of nitrogens with one attached hydrogen (secondary N) is 1. The summed E-state index contributed by atoms with van der Waals surface area (Å²) in [5, 5.41) is 3.42. The molecule has 0 aliphatic heterocycles. The summed E-state index contributed by atoms with van der Waals surface area (Å²) in [4.78, 5) is 0. The highest BCUT2D eigenvalue weighted by Crippen LogP contribution is 2.31. The minimum atomic E-state index is 0.221. The largest absolute Gasteiger partial charge is 0.491 e. The van der Waals surface area contributed by atoms with Gasteiger partial charge in [-0.05, 0) is 57.9 Å². The van der Waals surface area contributed by atoms with Crippen LogP contribution in [0, 0.1) is 0 Å². The average molecular weight is 245 g/mol. The molecular weight excluding hydrogens is 222 g/mol. The van der Waals surface area contributed by atoms with E-state index in [0.717, 1.165) is 5.75 Å². The summed E-state index contributed by atoms with van der Waals surface area (Å²) >= 11 is 0. The van der Waals surface area contributed by atoms with Crippen molar-refractivity contribution in [1.82, 2.24) is 5.32 Å². The summed E-state index contributed by atoms with van der Waals surface area (Å²) in [5.41, 5.74) is 2.81. The zero-order valence-electron chi connectivity index (χ0n) is 11.6. The third kappa shape index (κ3) is 3.14. The molecule has 18 heavy (non-hydrogen) atoms. The van der Waals surface area contributed by atoms with Crippen LogP contribution in [0.25, 0.3) is 0 Å². The van der Waals surface area contributed by atoms with Crippen LogP contribution in [0.15, 0.2) is 35.9 Å². The fraction of sp³-hybridized carbons (Fsp3) is 0.500. The van der Waals surface area contributed by atoms with Gasteiger partial charge in [0, 0.05) is 0 Å². The van der Waals surface area contributed by atoms with Crippen molar-refractivity contribution in [2.45, 2.75) is 45.3 Å². The Labute approximate surface area is 110 Å². The SMILES string of the molecule is CNC(C1=CCCC1)c1cccc(OC(C)C)c1. The molecule has 1 aliphatic rings. The predicted molar refractivity (Wildman–Crippen MR) is 75.9 cm³/mol. The van der Waals surface area contributed by atoms with Crippen LogP contribution in [0.5, 0.6) is 5.75 Å². The predicted octanol–water partition coefficient (Wildman–Crippen LogP) is 3.84. The first-order valence-corrected chi connectivity index (χ1v) is 6.83. The van der Waals surface area contributed by atoms with E-state index in [1.807, 2.05) is 13.1 Å². The molecule has 0 fully saturated rings. The number of hydrogen-bond donors (Lipinski definition) is 1. The number of benzene rings is 1. The van der Waals surface area contributed by atoms with Gasteiger partial charge in [-0.25, -0.2) is 0 Å². The van der Waals surface area contributed by atoms with Gasteiger partial charge in [0.2, 0.25) is 0 Å². The van der Waals surface area contributed by atoms with Crippen LogP contribution in [0.2, 0.25) is 0 Å². The summed E-state index contributed by atoms with van der Waals surface area (Å²) in [6.07, 6.45) is 6.31. The van der Waals surface area contributed by atoms with E-state index in [1.165, 1.54) is 30.4 Å². The maximum absolute atomic E-state index is 5.76. The zero-order chi connectivity index (χ0) is 13.0. The highest BCUT2D eigenvalue weighted by atomic mass is 16.5. The Bertz CT molecular complexity index is 423. The molecule has 0 amide bonds. The minimum Gasteiger partial charge on any atom is -0.491 e. The van der Waals surface area contributed by atoms with Crippen molar-refractivity contribution in [3.05, 3.63) is 41.5 Å². The summed E-state index contributed by atoms with van der Waals surface area (Å²) in [7, 11) is 2.03. The monoisotopic (exact) mass is 245 g/mol. The van der Waals surface area contributed by atoms with Gasteiger partial charge in [0.1, 0.15) is 5.75 Å². The summed E-state index contributed by atoms with van der Waals surface area (Å²) in [5.74, 6) is 0.960. The molecular formula is C16H23NO. The molecule has 2 rings (SSSR count). The van der Waals surface area contributed by atoms with E-state index in [0.29, 0.717) is 6.04 Å². The van der Waals surface area contributed by atoms with Gasteiger partial charge in [-0.15, -0.1) is 0 Å². The first kappa shape index (κ1) is 13.2. The van der Waals surface area contributed by atoms with Crippen molar-refractivity contribution in [2.75, 3.05) is 7.05 Å². The van der Waals surface area contributed by atoms with Gasteiger partial charge >= 0.3 is 0 Å². The third-order valence-electron chi connectivity index (χ3n) is 3.30. The van der Waals surface area contributed by atoms with Crippen LogP contribution in [0.3, 0.4) is 0 Å². The van der Waals surface area contributed by atoms with Crippen LogP contribution in [-0.4, -0.2) is 13.2 Å².